The third-order valence-corrected chi connectivity index (χ3v) is 5.76. The first-order valence-electron chi connectivity index (χ1n) is 10.8. The molecule has 1 amide bonds. The summed E-state index contributed by atoms with van der Waals surface area (Å²) in [5.74, 6) is 1.46. The lowest BCUT2D eigenvalue weighted by atomic mass is 10.1. The Labute approximate surface area is 180 Å². The molecular weight excluding hydrogens is 396 g/mol. The number of nitrogens with one attached hydrogen (secondary N) is 2. The van der Waals surface area contributed by atoms with E-state index in [0.29, 0.717) is 24.7 Å². The van der Waals surface area contributed by atoms with Crippen LogP contribution in [0, 0.1) is 0 Å². The molecule has 162 valence electrons. The monoisotopic (exact) mass is 422 g/mol. The lowest BCUT2D eigenvalue weighted by Gasteiger charge is -2.33. The topological polar surface area (TPSA) is 99.5 Å². The molecule has 0 radical (unpaired) electrons. The average Bonchev–Trinajstić information content (AvgIpc) is 3.53. The van der Waals surface area contributed by atoms with Crippen LogP contribution in [0.1, 0.15) is 29.8 Å². The molecule has 0 saturated carbocycles. The molecule has 0 atom stereocenters. The van der Waals surface area contributed by atoms with Crippen molar-refractivity contribution in [3.8, 4) is 11.3 Å². The summed E-state index contributed by atoms with van der Waals surface area (Å²) in [5, 5.41) is 9.68. The van der Waals surface area contributed by atoms with Crippen LogP contribution in [0.15, 0.2) is 41.2 Å². The van der Waals surface area contributed by atoms with Crippen LogP contribution >= 0.6 is 0 Å². The minimum Gasteiger partial charge on any atom is -0.451 e. The number of furan rings is 1. The zero-order valence-electron chi connectivity index (χ0n) is 17.3. The molecule has 0 unspecified atom stereocenters. The van der Waals surface area contributed by atoms with Gasteiger partial charge in [0.1, 0.15) is 11.6 Å². The molecule has 0 bridgehead atoms. The Morgan fingerprint density at radius 3 is 2.65 bits per heavy atom. The predicted octanol–water partition coefficient (Wildman–Crippen LogP) is 3.14. The predicted molar refractivity (Wildman–Crippen MR) is 118 cm³/mol. The number of anilines is 3. The minimum absolute atomic E-state index is 0.248. The van der Waals surface area contributed by atoms with Gasteiger partial charge in [-0.25, -0.2) is 4.98 Å². The van der Waals surface area contributed by atoms with Crippen molar-refractivity contribution >= 4 is 23.1 Å². The highest BCUT2D eigenvalue weighted by atomic mass is 16.5. The van der Waals surface area contributed by atoms with Crippen molar-refractivity contribution in [2.45, 2.75) is 19.3 Å². The lowest BCUT2D eigenvalue weighted by molar-refractivity contribution is 0.0997. The van der Waals surface area contributed by atoms with Crippen molar-refractivity contribution in [3.63, 3.8) is 0 Å². The van der Waals surface area contributed by atoms with E-state index in [1.54, 1.807) is 30.7 Å². The average molecular weight is 422 g/mol. The van der Waals surface area contributed by atoms with Gasteiger partial charge >= 0.3 is 0 Å². The maximum Gasteiger partial charge on any atom is 0.291 e. The minimum atomic E-state index is -0.297. The first-order chi connectivity index (χ1) is 15.3. The summed E-state index contributed by atoms with van der Waals surface area (Å²) in [7, 11) is 0. The number of nitrogens with zero attached hydrogens (tertiary/aromatic N) is 4. The van der Waals surface area contributed by atoms with Gasteiger partial charge in [-0.15, -0.1) is 0 Å². The molecule has 0 aliphatic carbocycles. The van der Waals surface area contributed by atoms with E-state index in [1.165, 1.54) is 6.42 Å². The molecule has 9 heteroatoms. The van der Waals surface area contributed by atoms with E-state index >= 15 is 0 Å². The van der Waals surface area contributed by atoms with E-state index in [9.17, 15) is 4.79 Å². The summed E-state index contributed by atoms with van der Waals surface area (Å²) in [5.41, 5.74) is 2.50. The molecule has 3 aromatic rings. The van der Waals surface area contributed by atoms with E-state index in [-0.39, 0.29) is 11.7 Å². The maximum absolute atomic E-state index is 12.9. The second-order valence-corrected chi connectivity index (χ2v) is 7.81. The second-order valence-electron chi connectivity index (χ2n) is 7.81. The summed E-state index contributed by atoms with van der Waals surface area (Å²) in [4.78, 5) is 22.1. The Balaban J connectivity index is 1.40. The van der Waals surface area contributed by atoms with Crippen LogP contribution < -0.4 is 15.1 Å². The normalized spacial score (nSPS) is 17.0. The van der Waals surface area contributed by atoms with Gasteiger partial charge in [-0.1, -0.05) is 0 Å². The van der Waals surface area contributed by atoms with Crippen molar-refractivity contribution in [2.24, 2.45) is 0 Å². The van der Waals surface area contributed by atoms with Gasteiger partial charge in [0.05, 0.1) is 42.5 Å². The molecule has 2 fully saturated rings. The fourth-order valence-corrected chi connectivity index (χ4v) is 4.08. The molecule has 2 saturated heterocycles. The number of carbonyl (C=O) groups excluding carboxylic acids is 1. The Kier molecular flexibility index (Phi) is 5.57. The summed E-state index contributed by atoms with van der Waals surface area (Å²) in [6.45, 7) is 5.00. The van der Waals surface area contributed by atoms with Gasteiger partial charge in [-0.2, -0.15) is 5.10 Å². The number of hydrogen-bond donors (Lipinski definition) is 2. The number of rotatable bonds is 5. The van der Waals surface area contributed by atoms with Gasteiger partial charge in [0.15, 0.2) is 5.76 Å². The quantitative estimate of drug-likeness (QED) is 0.652. The molecule has 5 heterocycles. The molecule has 31 heavy (non-hydrogen) atoms. The molecule has 2 aliphatic rings. The van der Waals surface area contributed by atoms with Gasteiger partial charge in [-0.05, 0) is 31.4 Å². The first kappa shape index (κ1) is 19.6. The van der Waals surface area contributed by atoms with Gasteiger partial charge in [0.25, 0.3) is 5.91 Å². The van der Waals surface area contributed by atoms with Gasteiger partial charge < -0.3 is 24.3 Å². The maximum atomic E-state index is 12.9. The fourth-order valence-electron chi connectivity index (χ4n) is 4.08. The number of aromatic nitrogens is 3. The molecule has 9 nitrogen and oxygen atoms in total. The van der Waals surface area contributed by atoms with E-state index in [1.807, 2.05) is 0 Å². The van der Waals surface area contributed by atoms with Crippen molar-refractivity contribution in [1.29, 1.82) is 0 Å². The summed E-state index contributed by atoms with van der Waals surface area (Å²) in [6.07, 6.45) is 8.67. The van der Waals surface area contributed by atoms with Crippen LogP contribution in [0.3, 0.4) is 0 Å². The molecule has 5 rings (SSSR count). The van der Waals surface area contributed by atoms with E-state index < -0.39 is 0 Å². The number of piperidine rings is 1. The molecule has 3 aromatic heterocycles. The summed E-state index contributed by atoms with van der Waals surface area (Å²) < 4.78 is 11.2. The number of amides is 1. The molecule has 0 aromatic carbocycles. The third kappa shape index (κ3) is 4.27. The number of aromatic amines is 1. The highest BCUT2D eigenvalue weighted by molar-refractivity contribution is 6.04. The van der Waals surface area contributed by atoms with Crippen LogP contribution in [-0.4, -0.2) is 60.5 Å². The molecular formula is C22H26N6O3. The van der Waals surface area contributed by atoms with Gasteiger partial charge in [0.2, 0.25) is 0 Å². The number of ether oxygens (including phenoxy) is 1. The lowest BCUT2D eigenvalue weighted by Crippen LogP contribution is -2.37. The van der Waals surface area contributed by atoms with Crippen molar-refractivity contribution in [2.75, 3.05) is 54.5 Å². The van der Waals surface area contributed by atoms with Crippen LogP contribution in [0.5, 0.6) is 0 Å². The fraction of sp³-hybridized carbons (Fsp3) is 0.409. The van der Waals surface area contributed by atoms with Crippen molar-refractivity contribution in [1.82, 2.24) is 15.2 Å². The zero-order valence-corrected chi connectivity index (χ0v) is 17.3. The number of morpholine rings is 1. The summed E-state index contributed by atoms with van der Waals surface area (Å²) >= 11 is 0. The number of pyridine rings is 1. The zero-order chi connectivity index (χ0) is 21.0. The van der Waals surface area contributed by atoms with Crippen LogP contribution in [0.25, 0.3) is 11.3 Å². The van der Waals surface area contributed by atoms with E-state index in [4.69, 9.17) is 9.15 Å². The standard InChI is InChI=1S/C22H26N6O3/c29-22(20-5-4-19(31-20)16-13-24-25-14-16)26-17-15-23-21(28-8-10-30-11-9-28)12-18(17)27-6-2-1-3-7-27/h4-5,12-15H,1-3,6-11H2,(H,24,25)(H,26,29). The molecule has 2 N–H and O–H groups in total. The summed E-state index contributed by atoms with van der Waals surface area (Å²) in [6, 6.07) is 5.53. The Bertz CT molecular complexity index is 1020. The number of H-pyrrole nitrogens is 1. The highest BCUT2D eigenvalue weighted by Crippen LogP contribution is 2.32. The Hall–Kier alpha value is -3.33. The Morgan fingerprint density at radius 1 is 1.03 bits per heavy atom. The largest absolute Gasteiger partial charge is 0.451 e. The number of carbonyl (C=O) groups is 1. The second kappa shape index (κ2) is 8.81. The van der Waals surface area contributed by atoms with Crippen molar-refractivity contribution < 1.29 is 13.9 Å². The Morgan fingerprint density at radius 2 is 1.87 bits per heavy atom. The van der Waals surface area contributed by atoms with Crippen LogP contribution in [-0.2, 0) is 4.74 Å². The van der Waals surface area contributed by atoms with E-state index in [2.05, 4.69) is 36.4 Å². The van der Waals surface area contributed by atoms with Crippen molar-refractivity contribution in [3.05, 3.63) is 42.5 Å². The van der Waals surface area contributed by atoms with Crippen LogP contribution in [0.4, 0.5) is 17.2 Å². The van der Waals surface area contributed by atoms with Gasteiger partial charge in [-0.3, -0.25) is 9.89 Å². The van der Waals surface area contributed by atoms with Gasteiger partial charge in [0, 0.05) is 38.4 Å². The highest BCUT2D eigenvalue weighted by Gasteiger charge is 2.21. The van der Waals surface area contributed by atoms with Crippen LogP contribution in [0.2, 0.25) is 0 Å². The first-order valence-corrected chi connectivity index (χ1v) is 10.8. The third-order valence-electron chi connectivity index (χ3n) is 5.76. The molecule has 2 aliphatic heterocycles. The van der Waals surface area contributed by atoms with E-state index in [0.717, 1.165) is 56.1 Å². The number of hydrogen-bond acceptors (Lipinski definition) is 7. The SMILES string of the molecule is O=C(Nc1cnc(N2CCOCC2)cc1N1CCCCC1)c1ccc(-c2cn[nH]c2)o1. The smallest absolute Gasteiger partial charge is 0.291 e. The molecule has 0 spiro atoms.